The highest BCUT2D eigenvalue weighted by molar-refractivity contribution is 5.81. The van der Waals surface area contributed by atoms with E-state index in [0.717, 1.165) is 35.4 Å². The van der Waals surface area contributed by atoms with Crippen molar-refractivity contribution in [1.82, 2.24) is 4.98 Å². The van der Waals surface area contributed by atoms with Crippen molar-refractivity contribution in [3.05, 3.63) is 35.9 Å². The molecular formula is C16H22N2O2. The fourth-order valence-corrected chi connectivity index (χ4v) is 2.21. The number of ether oxygens (including phenoxy) is 1. The van der Waals surface area contributed by atoms with Gasteiger partial charge in [-0.3, -0.25) is 0 Å². The predicted molar refractivity (Wildman–Crippen MR) is 82.0 cm³/mol. The highest BCUT2D eigenvalue weighted by Crippen LogP contribution is 2.23. The van der Waals surface area contributed by atoms with Gasteiger partial charge in [0.05, 0.1) is 18.2 Å². The van der Waals surface area contributed by atoms with Gasteiger partial charge in [-0.15, -0.1) is 0 Å². The van der Waals surface area contributed by atoms with Crippen molar-refractivity contribution in [2.45, 2.75) is 26.6 Å². The van der Waals surface area contributed by atoms with Crippen LogP contribution in [0.4, 0.5) is 5.82 Å². The standard InChI is InChI=1S/C14H16N2O2.C2H6/c1-18-12-7-16(8-12)14-5-3-11-6-10(9-17)2-4-13(11)15-14;1-2/h2-6,12,17H,7-9H2,1H3;1-2H3. The molecule has 0 saturated carbocycles. The maximum absolute atomic E-state index is 9.10. The topological polar surface area (TPSA) is 45.6 Å². The molecule has 0 atom stereocenters. The zero-order valence-corrected chi connectivity index (χ0v) is 12.3. The Labute approximate surface area is 120 Å². The van der Waals surface area contributed by atoms with E-state index in [2.05, 4.69) is 16.0 Å². The van der Waals surface area contributed by atoms with E-state index in [-0.39, 0.29) is 6.61 Å². The Bertz CT molecular complexity index is 565. The summed E-state index contributed by atoms with van der Waals surface area (Å²) in [5.74, 6) is 0.993. The van der Waals surface area contributed by atoms with E-state index in [1.54, 1.807) is 7.11 Å². The third-order valence-electron chi connectivity index (χ3n) is 3.43. The highest BCUT2D eigenvalue weighted by Gasteiger charge is 2.27. The first kappa shape index (κ1) is 14.8. The van der Waals surface area contributed by atoms with Gasteiger partial charge in [-0.2, -0.15) is 0 Å². The van der Waals surface area contributed by atoms with Crippen molar-refractivity contribution in [3.8, 4) is 0 Å². The molecule has 2 heterocycles. The normalized spacial score (nSPS) is 14.7. The minimum atomic E-state index is 0.0688. The molecule has 1 saturated heterocycles. The Kier molecular flexibility index (Phi) is 4.93. The lowest BCUT2D eigenvalue weighted by Gasteiger charge is -2.39. The van der Waals surface area contributed by atoms with Gasteiger partial charge in [0, 0.05) is 25.6 Å². The van der Waals surface area contributed by atoms with Gasteiger partial charge in [0.25, 0.3) is 0 Å². The average Bonchev–Trinajstić information content (AvgIpc) is 2.47. The summed E-state index contributed by atoms with van der Waals surface area (Å²) in [6.07, 6.45) is 0.333. The van der Waals surface area contributed by atoms with Crippen LogP contribution in [0.1, 0.15) is 19.4 Å². The summed E-state index contributed by atoms with van der Waals surface area (Å²) >= 11 is 0. The maximum atomic E-state index is 9.10. The first-order valence-corrected chi connectivity index (χ1v) is 7.08. The number of fused-ring (bicyclic) bond motifs is 1. The number of hydrogen-bond donors (Lipinski definition) is 1. The van der Waals surface area contributed by atoms with E-state index in [1.807, 2.05) is 38.1 Å². The predicted octanol–water partition coefficient (Wildman–Crippen LogP) is 2.59. The van der Waals surface area contributed by atoms with E-state index < -0.39 is 0 Å². The van der Waals surface area contributed by atoms with Crippen LogP contribution in [-0.2, 0) is 11.3 Å². The number of nitrogens with zero attached hydrogens (tertiary/aromatic N) is 2. The number of anilines is 1. The molecule has 0 amide bonds. The molecule has 1 aliphatic rings. The van der Waals surface area contributed by atoms with Gasteiger partial charge in [0.15, 0.2) is 0 Å². The zero-order chi connectivity index (χ0) is 14.5. The van der Waals surface area contributed by atoms with Gasteiger partial charge in [-0.25, -0.2) is 4.98 Å². The Morgan fingerprint density at radius 3 is 2.65 bits per heavy atom. The maximum Gasteiger partial charge on any atom is 0.129 e. The minimum absolute atomic E-state index is 0.0688. The summed E-state index contributed by atoms with van der Waals surface area (Å²) in [5, 5.41) is 10.2. The Morgan fingerprint density at radius 2 is 2.00 bits per heavy atom. The van der Waals surface area contributed by atoms with E-state index in [9.17, 15) is 0 Å². The number of aliphatic hydroxyl groups excluding tert-OH is 1. The second kappa shape index (κ2) is 6.68. The second-order valence-corrected chi connectivity index (χ2v) is 4.62. The second-order valence-electron chi connectivity index (χ2n) is 4.62. The van der Waals surface area contributed by atoms with Gasteiger partial charge in [0.1, 0.15) is 5.82 Å². The molecule has 0 radical (unpaired) electrons. The summed E-state index contributed by atoms with van der Waals surface area (Å²) in [6, 6.07) is 9.91. The van der Waals surface area contributed by atoms with Crippen molar-refractivity contribution in [2.24, 2.45) is 0 Å². The van der Waals surface area contributed by atoms with Crippen molar-refractivity contribution in [1.29, 1.82) is 0 Å². The third-order valence-corrected chi connectivity index (χ3v) is 3.43. The molecule has 4 nitrogen and oxygen atoms in total. The van der Waals surface area contributed by atoms with Crippen molar-refractivity contribution < 1.29 is 9.84 Å². The van der Waals surface area contributed by atoms with Crippen LogP contribution in [0.15, 0.2) is 30.3 Å². The van der Waals surface area contributed by atoms with Crippen LogP contribution in [0.2, 0.25) is 0 Å². The molecule has 1 aliphatic heterocycles. The van der Waals surface area contributed by atoms with Crippen molar-refractivity contribution in [3.63, 3.8) is 0 Å². The molecular weight excluding hydrogens is 252 g/mol. The monoisotopic (exact) mass is 274 g/mol. The number of benzene rings is 1. The number of methoxy groups -OCH3 is 1. The van der Waals surface area contributed by atoms with Crippen LogP contribution < -0.4 is 4.90 Å². The highest BCUT2D eigenvalue weighted by atomic mass is 16.5. The molecule has 0 spiro atoms. The molecule has 4 heteroatoms. The third kappa shape index (κ3) is 2.92. The molecule has 0 unspecified atom stereocenters. The SMILES string of the molecule is CC.COC1CN(c2ccc3cc(CO)ccc3n2)C1. The molecule has 20 heavy (non-hydrogen) atoms. The number of aliphatic hydroxyl groups is 1. The lowest BCUT2D eigenvalue weighted by molar-refractivity contribution is 0.0783. The van der Waals surface area contributed by atoms with Gasteiger partial charge in [0.2, 0.25) is 0 Å². The lowest BCUT2D eigenvalue weighted by Crippen LogP contribution is -2.52. The van der Waals surface area contributed by atoms with Crippen LogP contribution >= 0.6 is 0 Å². The Morgan fingerprint density at radius 1 is 1.25 bits per heavy atom. The molecule has 108 valence electrons. The summed E-state index contributed by atoms with van der Waals surface area (Å²) < 4.78 is 5.26. The fraction of sp³-hybridized carbons (Fsp3) is 0.438. The molecule has 2 aromatic rings. The first-order valence-electron chi connectivity index (χ1n) is 7.08. The summed E-state index contributed by atoms with van der Waals surface area (Å²) in [5.41, 5.74) is 1.88. The molecule has 1 fully saturated rings. The van der Waals surface area contributed by atoms with Crippen LogP contribution in [0.25, 0.3) is 10.9 Å². The number of hydrogen-bond acceptors (Lipinski definition) is 4. The summed E-state index contributed by atoms with van der Waals surface area (Å²) in [6.45, 7) is 5.88. The van der Waals surface area contributed by atoms with Crippen LogP contribution in [-0.4, -0.2) is 36.4 Å². The molecule has 1 aromatic heterocycles. The van der Waals surface area contributed by atoms with Gasteiger partial charge >= 0.3 is 0 Å². The van der Waals surface area contributed by atoms with Crippen molar-refractivity contribution >= 4 is 16.7 Å². The van der Waals surface area contributed by atoms with Crippen LogP contribution in [0, 0.1) is 0 Å². The summed E-state index contributed by atoms with van der Waals surface area (Å²) in [7, 11) is 1.74. The van der Waals surface area contributed by atoms with E-state index in [1.165, 1.54) is 0 Å². The quantitative estimate of drug-likeness (QED) is 0.934. The average molecular weight is 274 g/mol. The zero-order valence-electron chi connectivity index (χ0n) is 12.3. The molecule has 3 rings (SSSR count). The molecule has 0 aliphatic carbocycles. The first-order chi connectivity index (χ1) is 9.80. The minimum Gasteiger partial charge on any atom is -0.392 e. The molecule has 1 N–H and O–H groups in total. The van der Waals surface area contributed by atoms with Crippen LogP contribution in [0.3, 0.4) is 0 Å². The molecule has 0 bridgehead atoms. The van der Waals surface area contributed by atoms with E-state index >= 15 is 0 Å². The van der Waals surface area contributed by atoms with E-state index in [4.69, 9.17) is 9.84 Å². The van der Waals surface area contributed by atoms with Crippen LogP contribution in [0.5, 0.6) is 0 Å². The number of rotatable bonds is 3. The lowest BCUT2D eigenvalue weighted by atomic mass is 10.1. The van der Waals surface area contributed by atoms with Gasteiger partial charge < -0.3 is 14.7 Å². The Balaban J connectivity index is 0.000000704. The van der Waals surface area contributed by atoms with Crippen molar-refractivity contribution in [2.75, 3.05) is 25.1 Å². The van der Waals surface area contributed by atoms with Gasteiger partial charge in [-0.05, 0) is 29.8 Å². The number of pyridine rings is 1. The summed E-state index contributed by atoms with van der Waals surface area (Å²) in [4.78, 5) is 6.83. The smallest absolute Gasteiger partial charge is 0.129 e. The number of aromatic nitrogens is 1. The molecule has 1 aromatic carbocycles. The largest absolute Gasteiger partial charge is 0.392 e. The fourth-order valence-electron chi connectivity index (χ4n) is 2.21. The van der Waals surface area contributed by atoms with Gasteiger partial charge in [-0.1, -0.05) is 19.9 Å². The Hall–Kier alpha value is -1.65. The van der Waals surface area contributed by atoms with E-state index in [0.29, 0.717) is 6.10 Å².